The van der Waals surface area contributed by atoms with Gasteiger partial charge in [-0.05, 0) is 48.5 Å². The van der Waals surface area contributed by atoms with E-state index in [9.17, 15) is 0 Å². The number of aryl methyl sites for hydroxylation is 1. The molecule has 0 heterocycles. The zero-order valence-electron chi connectivity index (χ0n) is 14.3. The molecular formula is C18H31BrOSi. The van der Waals surface area contributed by atoms with E-state index in [1.54, 1.807) is 0 Å². The van der Waals surface area contributed by atoms with E-state index >= 15 is 0 Å². The molecule has 0 N–H and O–H groups in total. The summed E-state index contributed by atoms with van der Waals surface area (Å²) < 4.78 is 6.36. The average Bonchev–Trinajstić information content (AvgIpc) is 2.40. The van der Waals surface area contributed by atoms with E-state index < -0.39 is 8.32 Å². The minimum absolute atomic E-state index is 0.349. The lowest BCUT2D eigenvalue weighted by Gasteiger charge is -2.39. The Kier molecular flexibility index (Phi) is 7.65. The molecule has 0 amide bonds. The largest absolute Gasteiger partial charge is 0.416 e. The SMILES string of the molecule is CCCC(C)(C)[Si](C)(C)OCCc1ccc(CCBr)cc1. The summed E-state index contributed by atoms with van der Waals surface area (Å²) in [7, 11) is -1.64. The van der Waals surface area contributed by atoms with Gasteiger partial charge in [-0.15, -0.1) is 0 Å². The van der Waals surface area contributed by atoms with Crippen LogP contribution in [0.25, 0.3) is 0 Å². The van der Waals surface area contributed by atoms with Gasteiger partial charge in [-0.1, -0.05) is 67.4 Å². The lowest BCUT2D eigenvalue weighted by atomic mass is 10.1. The normalized spacial score (nSPS) is 12.7. The first-order valence-corrected chi connectivity index (χ1v) is 12.1. The summed E-state index contributed by atoms with van der Waals surface area (Å²) in [4.78, 5) is 0. The predicted molar refractivity (Wildman–Crippen MR) is 100 cm³/mol. The molecule has 1 nitrogen and oxygen atoms in total. The Morgan fingerprint density at radius 3 is 2.05 bits per heavy atom. The van der Waals surface area contributed by atoms with Crippen LogP contribution in [0.4, 0.5) is 0 Å². The van der Waals surface area contributed by atoms with Crippen LogP contribution < -0.4 is 0 Å². The molecule has 0 spiro atoms. The Labute approximate surface area is 140 Å². The Hall–Kier alpha value is -0.123. The third-order valence-electron chi connectivity index (χ3n) is 4.76. The van der Waals surface area contributed by atoms with Crippen molar-refractivity contribution < 1.29 is 4.43 Å². The van der Waals surface area contributed by atoms with Crippen LogP contribution in [0.1, 0.15) is 44.7 Å². The van der Waals surface area contributed by atoms with E-state index in [1.807, 2.05) is 0 Å². The summed E-state index contributed by atoms with van der Waals surface area (Å²) in [5, 5.41) is 1.38. The molecule has 0 aliphatic heterocycles. The first-order valence-electron chi connectivity index (χ1n) is 8.10. The molecule has 1 rings (SSSR count). The number of hydrogen-bond donors (Lipinski definition) is 0. The minimum Gasteiger partial charge on any atom is -0.416 e. The van der Waals surface area contributed by atoms with E-state index in [-0.39, 0.29) is 0 Å². The highest BCUT2D eigenvalue weighted by Gasteiger charge is 2.39. The van der Waals surface area contributed by atoms with Crippen molar-refractivity contribution in [2.24, 2.45) is 0 Å². The topological polar surface area (TPSA) is 9.23 Å². The molecule has 0 atom stereocenters. The fourth-order valence-electron chi connectivity index (χ4n) is 2.53. The fourth-order valence-corrected chi connectivity index (χ4v) is 4.84. The van der Waals surface area contributed by atoms with Gasteiger partial charge in [0.15, 0.2) is 8.32 Å². The molecule has 120 valence electrons. The quantitative estimate of drug-likeness (QED) is 0.384. The number of benzene rings is 1. The monoisotopic (exact) mass is 370 g/mol. The van der Waals surface area contributed by atoms with E-state index in [0.717, 1.165) is 24.8 Å². The van der Waals surface area contributed by atoms with Crippen LogP contribution in [0.15, 0.2) is 24.3 Å². The smallest absolute Gasteiger partial charge is 0.192 e. The van der Waals surface area contributed by atoms with Crippen LogP contribution in [-0.2, 0) is 17.3 Å². The van der Waals surface area contributed by atoms with Crippen LogP contribution in [0.5, 0.6) is 0 Å². The average molecular weight is 371 g/mol. The molecule has 21 heavy (non-hydrogen) atoms. The Morgan fingerprint density at radius 1 is 1.05 bits per heavy atom. The van der Waals surface area contributed by atoms with Crippen LogP contribution in [0, 0.1) is 0 Å². The molecule has 0 fully saturated rings. The van der Waals surface area contributed by atoms with Gasteiger partial charge in [-0.3, -0.25) is 0 Å². The number of rotatable bonds is 9. The third-order valence-corrected chi connectivity index (χ3v) is 9.60. The van der Waals surface area contributed by atoms with Crippen molar-refractivity contribution in [2.75, 3.05) is 11.9 Å². The summed E-state index contributed by atoms with van der Waals surface area (Å²) in [6.07, 6.45) is 4.62. The van der Waals surface area contributed by atoms with Gasteiger partial charge in [0.25, 0.3) is 0 Å². The molecule has 1 aromatic carbocycles. The molecule has 0 bridgehead atoms. The zero-order valence-corrected chi connectivity index (χ0v) is 16.9. The van der Waals surface area contributed by atoms with E-state index in [1.165, 1.54) is 24.0 Å². The summed E-state index contributed by atoms with van der Waals surface area (Å²) in [6, 6.07) is 8.96. The second-order valence-corrected chi connectivity index (χ2v) is 12.5. The maximum Gasteiger partial charge on any atom is 0.192 e. The number of halogens is 1. The van der Waals surface area contributed by atoms with Gasteiger partial charge in [0.2, 0.25) is 0 Å². The van der Waals surface area contributed by atoms with E-state index in [2.05, 4.69) is 74.1 Å². The Balaban J connectivity index is 2.48. The van der Waals surface area contributed by atoms with Crippen molar-refractivity contribution in [1.29, 1.82) is 0 Å². The van der Waals surface area contributed by atoms with Crippen LogP contribution in [0.3, 0.4) is 0 Å². The first-order chi connectivity index (χ1) is 9.82. The van der Waals surface area contributed by atoms with Crippen molar-refractivity contribution in [3.05, 3.63) is 35.4 Å². The van der Waals surface area contributed by atoms with Crippen molar-refractivity contribution in [3.8, 4) is 0 Å². The van der Waals surface area contributed by atoms with Crippen LogP contribution in [-0.4, -0.2) is 20.3 Å². The molecule has 0 radical (unpaired) electrons. The molecule has 0 aliphatic rings. The van der Waals surface area contributed by atoms with Gasteiger partial charge in [0, 0.05) is 11.9 Å². The summed E-state index contributed by atoms with van der Waals surface area (Å²) >= 11 is 3.48. The highest BCUT2D eigenvalue weighted by molar-refractivity contribution is 9.09. The molecule has 3 heteroatoms. The second kappa shape index (κ2) is 8.49. The van der Waals surface area contributed by atoms with Crippen LogP contribution in [0.2, 0.25) is 18.1 Å². The molecule has 0 saturated carbocycles. The standard InChI is InChI=1S/C18H31BrOSi/c1-6-13-18(2,3)21(4,5)20-15-12-17-9-7-16(8-10-17)11-14-19/h7-10H,6,11-15H2,1-5H3. The zero-order chi connectivity index (χ0) is 15.9. The lowest BCUT2D eigenvalue weighted by molar-refractivity contribution is 0.284. The van der Waals surface area contributed by atoms with Crippen LogP contribution >= 0.6 is 15.9 Å². The molecule has 0 aromatic heterocycles. The maximum atomic E-state index is 6.36. The Bertz CT molecular complexity index is 412. The highest BCUT2D eigenvalue weighted by Crippen LogP contribution is 2.41. The molecular weight excluding hydrogens is 340 g/mol. The van der Waals surface area contributed by atoms with Gasteiger partial charge in [-0.2, -0.15) is 0 Å². The van der Waals surface area contributed by atoms with Gasteiger partial charge in [0.05, 0.1) is 0 Å². The number of hydrogen-bond acceptors (Lipinski definition) is 1. The Morgan fingerprint density at radius 2 is 1.57 bits per heavy atom. The maximum absolute atomic E-state index is 6.36. The summed E-state index contributed by atoms with van der Waals surface area (Å²) in [5.74, 6) is 0. The minimum atomic E-state index is -1.64. The molecule has 0 aliphatic carbocycles. The lowest BCUT2D eigenvalue weighted by Crippen LogP contribution is -2.42. The van der Waals surface area contributed by atoms with Gasteiger partial charge >= 0.3 is 0 Å². The molecule has 1 aromatic rings. The summed E-state index contributed by atoms with van der Waals surface area (Å²) in [5.41, 5.74) is 2.78. The van der Waals surface area contributed by atoms with Crippen molar-refractivity contribution in [2.45, 2.75) is 64.6 Å². The number of alkyl halides is 1. The predicted octanol–water partition coefficient (Wildman–Crippen LogP) is 5.97. The van der Waals surface area contributed by atoms with Crippen molar-refractivity contribution in [3.63, 3.8) is 0 Å². The molecule has 0 saturated heterocycles. The van der Waals surface area contributed by atoms with Crippen molar-refractivity contribution in [1.82, 2.24) is 0 Å². The first kappa shape index (κ1) is 18.9. The third kappa shape index (κ3) is 5.88. The van der Waals surface area contributed by atoms with E-state index in [4.69, 9.17) is 4.43 Å². The highest BCUT2D eigenvalue weighted by atomic mass is 79.9. The van der Waals surface area contributed by atoms with Gasteiger partial charge in [0.1, 0.15) is 0 Å². The summed E-state index contributed by atoms with van der Waals surface area (Å²) in [6.45, 7) is 12.6. The molecule has 0 unspecified atom stereocenters. The van der Waals surface area contributed by atoms with Crippen molar-refractivity contribution >= 4 is 24.2 Å². The van der Waals surface area contributed by atoms with Gasteiger partial charge in [-0.25, -0.2) is 0 Å². The van der Waals surface area contributed by atoms with E-state index in [0.29, 0.717) is 5.04 Å². The second-order valence-electron chi connectivity index (χ2n) is 7.00. The fraction of sp³-hybridized carbons (Fsp3) is 0.667. The van der Waals surface area contributed by atoms with Gasteiger partial charge < -0.3 is 4.43 Å².